The van der Waals surface area contributed by atoms with E-state index in [2.05, 4.69) is 9.97 Å². The summed E-state index contributed by atoms with van der Waals surface area (Å²) in [5.41, 5.74) is 0.716. The summed E-state index contributed by atoms with van der Waals surface area (Å²) in [4.78, 5) is 7.92. The van der Waals surface area contributed by atoms with Crippen LogP contribution in [0.5, 0.6) is 17.4 Å². The maximum atomic E-state index is 5.90. The zero-order valence-corrected chi connectivity index (χ0v) is 10.9. The lowest BCUT2D eigenvalue weighted by atomic mass is 10.3. The lowest BCUT2D eigenvalue weighted by Gasteiger charge is -2.08. The van der Waals surface area contributed by atoms with Crippen LogP contribution in [0.4, 0.5) is 0 Å². The van der Waals surface area contributed by atoms with Crippen molar-refractivity contribution >= 4 is 11.6 Å². The second kappa shape index (κ2) is 5.69. The molecule has 2 aromatic rings. The summed E-state index contributed by atoms with van der Waals surface area (Å²) in [6.45, 7) is 4.39. The molecule has 0 saturated carbocycles. The summed E-state index contributed by atoms with van der Waals surface area (Å²) >= 11 is 5.90. The van der Waals surface area contributed by atoms with Crippen molar-refractivity contribution in [3.8, 4) is 17.4 Å². The van der Waals surface area contributed by atoms with Crippen LogP contribution in [0, 0.1) is 6.92 Å². The summed E-state index contributed by atoms with van der Waals surface area (Å²) in [7, 11) is 0. The molecule has 0 aliphatic heterocycles. The molecule has 0 N–H and O–H groups in total. The number of ether oxygens (including phenoxy) is 2. The minimum absolute atomic E-state index is 0.394. The quantitative estimate of drug-likeness (QED) is 0.791. The van der Waals surface area contributed by atoms with Gasteiger partial charge in [-0.3, -0.25) is 0 Å². The number of nitrogens with zero attached hydrogens (tertiary/aromatic N) is 2. The Morgan fingerprint density at radius 3 is 2.44 bits per heavy atom. The largest absolute Gasteiger partial charge is 0.494 e. The maximum Gasteiger partial charge on any atom is 0.226 e. The fraction of sp³-hybridized carbons (Fsp3) is 0.231. The average Bonchev–Trinajstić information content (AvgIpc) is 2.38. The molecule has 0 bridgehead atoms. The van der Waals surface area contributed by atoms with Crippen LogP contribution in [-0.4, -0.2) is 16.6 Å². The third-order valence-corrected chi connectivity index (χ3v) is 2.71. The van der Waals surface area contributed by atoms with Crippen LogP contribution >= 0.6 is 11.6 Å². The zero-order valence-electron chi connectivity index (χ0n) is 10.2. The molecule has 4 nitrogen and oxygen atoms in total. The van der Waals surface area contributed by atoms with Gasteiger partial charge in [-0.05, 0) is 38.1 Å². The number of hydrogen-bond donors (Lipinski definition) is 0. The van der Waals surface area contributed by atoms with E-state index in [1.54, 1.807) is 0 Å². The van der Waals surface area contributed by atoms with Gasteiger partial charge in [0.25, 0.3) is 0 Å². The Kier molecular flexibility index (Phi) is 3.99. The van der Waals surface area contributed by atoms with E-state index in [0.717, 1.165) is 5.75 Å². The highest BCUT2D eigenvalue weighted by Crippen LogP contribution is 2.27. The van der Waals surface area contributed by atoms with E-state index in [4.69, 9.17) is 21.1 Å². The molecule has 5 heteroatoms. The Morgan fingerprint density at radius 1 is 1.11 bits per heavy atom. The Balaban J connectivity index is 2.16. The normalized spacial score (nSPS) is 10.2. The van der Waals surface area contributed by atoms with Gasteiger partial charge in [-0.1, -0.05) is 11.6 Å². The van der Waals surface area contributed by atoms with E-state index in [1.165, 1.54) is 6.33 Å². The van der Waals surface area contributed by atoms with Crippen molar-refractivity contribution in [3.05, 3.63) is 41.3 Å². The molecule has 1 aromatic heterocycles. The molecule has 0 unspecified atom stereocenters. The molecule has 94 valence electrons. The first-order valence-corrected chi connectivity index (χ1v) is 5.96. The van der Waals surface area contributed by atoms with Crippen molar-refractivity contribution in [2.75, 3.05) is 6.61 Å². The minimum atomic E-state index is 0.394. The van der Waals surface area contributed by atoms with Gasteiger partial charge in [-0.2, -0.15) is 0 Å². The first-order valence-electron chi connectivity index (χ1n) is 5.58. The van der Waals surface area contributed by atoms with Gasteiger partial charge in [-0.25, -0.2) is 9.97 Å². The highest BCUT2D eigenvalue weighted by atomic mass is 35.5. The molecule has 0 amide bonds. The van der Waals surface area contributed by atoms with Crippen LogP contribution in [0.2, 0.25) is 5.15 Å². The van der Waals surface area contributed by atoms with Crippen molar-refractivity contribution in [3.63, 3.8) is 0 Å². The molecule has 18 heavy (non-hydrogen) atoms. The van der Waals surface area contributed by atoms with Gasteiger partial charge in [0.2, 0.25) is 5.88 Å². The van der Waals surface area contributed by atoms with Crippen molar-refractivity contribution in [1.29, 1.82) is 0 Å². The minimum Gasteiger partial charge on any atom is -0.494 e. The maximum absolute atomic E-state index is 5.90. The molecule has 0 aliphatic rings. The Hall–Kier alpha value is -1.81. The lowest BCUT2D eigenvalue weighted by Crippen LogP contribution is -1.94. The standard InChI is InChI=1S/C13H13ClN2O2/c1-3-17-10-4-6-11(7-5-10)18-13-9(2)12(14)15-8-16-13/h4-8H,3H2,1-2H3. The van der Waals surface area contributed by atoms with Crippen LogP contribution in [0.1, 0.15) is 12.5 Å². The number of rotatable bonds is 4. The van der Waals surface area contributed by atoms with E-state index in [9.17, 15) is 0 Å². The van der Waals surface area contributed by atoms with Crippen molar-refractivity contribution < 1.29 is 9.47 Å². The van der Waals surface area contributed by atoms with Crippen LogP contribution in [0.15, 0.2) is 30.6 Å². The summed E-state index contributed by atoms with van der Waals surface area (Å²) in [5, 5.41) is 0.394. The molecule has 0 atom stereocenters. The molecule has 0 fully saturated rings. The SMILES string of the molecule is CCOc1ccc(Oc2ncnc(Cl)c2C)cc1. The predicted molar refractivity (Wildman–Crippen MR) is 69.5 cm³/mol. The predicted octanol–water partition coefficient (Wildman–Crippen LogP) is 3.63. The van der Waals surface area contributed by atoms with Crippen LogP contribution < -0.4 is 9.47 Å². The van der Waals surface area contributed by atoms with Gasteiger partial charge >= 0.3 is 0 Å². The summed E-state index contributed by atoms with van der Waals surface area (Å²) in [5.74, 6) is 1.94. The monoisotopic (exact) mass is 264 g/mol. The Labute approximate surface area is 111 Å². The van der Waals surface area contributed by atoms with E-state index in [-0.39, 0.29) is 0 Å². The molecule has 1 heterocycles. The van der Waals surface area contributed by atoms with Crippen molar-refractivity contribution in [2.45, 2.75) is 13.8 Å². The molecule has 0 radical (unpaired) electrons. The van der Waals surface area contributed by atoms with Gasteiger partial charge in [0.1, 0.15) is 23.0 Å². The van der Waals surface area contributed by atoms with Crippen molar-refractivity contribution in [1.82, 2.24) is 9.97 Å². The molecule has 0 spiro atoms. The smallest absolute Gasteiger partial charge is 0.226 e. The third kappa shape index (κ3) is 2.90. The van der Waals surface area contributed by atoms with Gasteiger partial charge < -0.3 is 9.47 Å². The third-order valence-electron chi connectivity index (χ3n) is 2.33. The highest BCUT2D eigenvalue weighted by molar-refractivity contribution is 6.30. The van der Waals surface area contributed by atoms with Gasteiger partial charge in [-0.15, -0.1) is 0 Å². The Bertz CT molecular complexity index is 529. The molecule has 1 aromatic carbocycles. The number of hydrogen-bond acceptors (Lipinski definition) is 4. The van der Waals surface area contributed by atoms with E-state index >= 15 is 0 Å². The summed E-state index contributed by atoms with van der Waals surface area (Å²) in [6, 6.07) is 7.33. The van der Waals surface area contributed by atoms with E-state index in [0.29, 0.717) is 29.0 Å². The first-order chi connectivity index (χ1) is 8.70. The summed E-state index contributed by atoms with van der Waals surface area (Å²) in [6.07, 6.45) is 1.37. The molecule has 0 saturated heterocycles. The van der Waals surface area contributed by atoms with Crippen LogP contribution in [0.3, 0.4) is 0 Å². The number of benzene rings is 1. The fourth-order valence-corrected chi connectivity index (χ4v) is 1.52. The zero-order chi connectivity index (χ0) is 13.0. The van der Waals surface area contributed by atoms with E-state index in [1.807, 2.05) is 38.1 Å². The van der Waals surface area contributed by atoms with Crippen molar-refractivity contribution in [2.24, 2.45) is 0 Å². The number of halogens is 1. The van der Waals surface area contributed by atoms with Gasteiger partial charge in [0.15, 0.2) is 0 Å². The highest BCUT2D eigenvalue weighted by Gasteiger charge is 2.07. The van der Waals surface area contributed by atoms with Crippen LogP contribution in [0.25, 0.3) is 0 Å². The second-order valence-electron chi connectivity index (χ2n) is 3.60. The second-order valence-corrected chi connectivity index (χ2v) is 3.96. The first kappa shape index (κ1) is 12.6. The summed E-state index contributed by atoms with van der Waals surface area (Å²) < 4.78 is 11.0. The number of aromatic nitrogens is 2. The topological polar surface area (TPSA) is 44.2 Å². The molecular formula is C13H13ClN2O2. The van der Waals surface area contributed by atoms with Crippen LogP contribution in [-0.2, 0) is 0 Å². The Morgan fingerprint density at radius 2 is 1.78 bits per heavy atom. The molecule has 0 aliphatic carbocycles. The lowest BCUT2D eigenvalue weighted by molar-refractivity contribution is 0.339. The van der Waals surface area contributed by atoms with Gasteiger partial charge in [0, 0.05) is 5.56 Å². The molecule has 2 rings (SSSR count). The van der Waals surface area contributed by atoms with Gasteiger partial charge in [0.05, 0.1) is 6.61 Å². The molecular weight excluding hydrogens is 252 g/mol. The van der Waals surface area contributed by atoms with E-state index < -0.39 is 0 Å². The fourth-order valence-electron chi connectivity index (χ4n) is 1.40. The average molecular weight is 265 g/mol.